The molecular weight excluding hydrogens is 407 g/mol. The molecule has 0 saturated heterocycles. The minimum absolute atomic E-state index is 0. The Hall–Kier alpha value is -1.96. The van der Waals surface area contributed by atoms with Crippen LogP contribution in [0.4, 0.5) is 0 Å². The third-order valence-corrected chi connectivity index (χ3v) is 12.3. The number of hydrogen-bond acceptors (Lipinski definition) is 1. The quantitative estimate of drug-likeness (QED) is 0.595. The van der Waals surface area contributed by atoms with Crippen molar-refractivity contribution in [2.45, 2.75) is 6.92 Å². The molecular formula is C22H24BrO2P. The molecule has 0 amide bonds. The summed E-state index contributed by atoms with van der Waals surface area (Å²) in [5.41, 5.74) is 0. The summed E-state index contributed by atoms with van der Waals surface area (Å²) < 4.78 is 0. The zero-order chi connectivity index (χ0) is 17.8. The van der Waals surface area contributed by atoms with Crippen LogP contribution in [0.15, 0.2) is 91.0 Å². The van der Waals surface area contributed by atoms with E-state index < -0.39 is 12.6 Å². The van der Waals surface area contributed by atoms with Crippen LogP contribution in [-0.4, -0.2) is 23.4 Å². The van der Waals surface area contributed by atoms with Gasteiger partial charge in [-0.2, -0.15) is 0 Å². The van der Waals surface area contributed by atoms with E-state index in [1.165, 1.54) is 0 Å². The van der Waals surface area contributed by atoms with Crippen molar-refractivity contribution in [2.75, 3.05) is 12.3 Å². The van der Waals surface area contributed by atoms with Crippen molar-refractivity contribution in [1.29, 1.82) is 0 Å². The van der Waals surface area contributed by atoms with Gasteiger partial charge in [-0.15, -0.1) is 17.0 Å². The van der Waals surface area contributed by atoms with E-state index in [9.17, 15) is 9.90 Å². The molecule has 0 aliphatic heterocycles. The first-order valence-electron chi connectivity index (χ1n) is 8.52. The van der Waals surface area contributed by atoms with E-state index in [-0.39, 0.29) is 23.1 Å². The molecule has 0 aliphatic rings. The zero-order valence-corrected chi connectivity index (χ0v) is 17.4. The molecule has 0 bridgehead atoms. The summed E-state index contributed by atoms with van der Waals surface area (Å²) in [6.07, 6.45) is 0.899. The van der Waals surface area contributed by atoms with Gasteiger partial charge in [0.15, 0.2) is 0 Å². The molecule has 4 heteroatoms. The van der Waals surface area contributed by atoms with Crippen molar-refractivity contribution in [1.82, 2.24) is 0 Å². The third-order valence-electron chi connectivity index (χ3n) is 5.32. The Bertz CT molecular complexity index is 752. The summed E-state index contributed by atoms with van der Waals surface area (Å²) in [7, 11) is 0. The molecule has 136 valence electrons. The molecule has 0 aromatic heterocycles. The van der Waals surface area contributed by atoms with Gasteiger partial charge in [-0.3, -0.25) is 0 Å². The summed E-state index contributed by atoms with van der Waals surface area (Å²) in [6, 6.07) is 30.7. The average molecular weight is 431 g/mol. The maximum absolute atomic E-state index is 12.1. The van der Waals surface area contributed by atoms with Crippen LogP contribution < -0.4 is 15.9 Å². The molecule has 0 atom stereocenters. The monoisotopic (exact) mass is 430 g/mol. The van der Waals surface area contributed by atoms with E-state index in [1.807, 2.05) is 54.6 Å². The predicted octanol–water partition coefficient (Wildman–Crippen LogP) is 4.20. The van der Waals surface area contributed by atoms with E-state index in [2.05, 4.69) is 43.3 Å². The number of carbonyl (C=O) groups is 1. The standard InChI is InChI=1S/C22H23O2P.BrH/c1-2-25(18-22(23)24,19-12-6-3-7-13-19,20-14-8-4-9-15-20)21-16-10-5-11-17-21;/h3-17H,2,18H2,1H3,(H,23,24);1H. The number of rotatable bonds is 6. The van der Waals surface area contributed by atoms with E-state index in [0.29, 0.717) is 0 Å². The number of hydrogen-bond donors (Lipinski definition) is 1. The molecule has 0 fully saturated rings. The van der Waals surface area contributed by atoms with Gasteiger partial charge in [0, 0.05) is 0 Å². The van der Waals surface area contributed by atoms with Crippen molar-refractivity contribution < 1.29 is 9.90 Å². The second-order valence-electron chi connectivity index (χ2n) is 6.38. The number of carboxylic acid groups (broad SMARTS) is 1. The van der Waals surface area contributed by atoms with Crippen molar-refractivity contribution in [3.63, 3.8) is 0 Å². The summed E-state index contributed by atoms with van der Waals surface area (Å²) in [6.45, 7) is -0.988. The second-order valence-corrected chi connectivity index (χ2v) is 11.9. The topological polar surface area (TPSA) is 37.3 Å². The van der Waals surface area contributed by atoms with Crippen LogP contribution in [0.3, 0.4) is 0 Å². The van der Waals surface area contributed by atoms with E-state index in [1.54, 1.807) is 0 Å². The predicted molar refractivity (Wildman–Crippen MR) is 119 cm³/mol. The van der Waals surface area contributed by atoms with Gasteiger partial charge >= 0.3 is 149 Å². The van der Waals surface area contributed by atoms with Gasteiger partial charge in [-0.1, -0.05) is 0 Å². The molecule has 1 N–H and O–H groups in total. The van der Waals surface area contributed by atoms with Crippen LogP contribution in [0.5, 0.6) is 0 Å². The number of benzene rings is 3. The van der Waals surface area contributed by atoms with Gasteiger partial charge < -0.3 is 0 Å². The molecule has 3 aromatic rings. The molecule has 0 spiro atoms. The fraction of sp³-hybridized carbons (Fsp3) is 0.136. The fourth-order valence-electron chi connectivity index (χ4n) is 4.04. The number of halogens is 1. The molecule has 0 unspecified atom stereocenters. The molecule has 0 radical (unpaired) electrons. The zero-order valence-electron chi connectivity index (χ0n) is 14.8. The van der Waals surface area contributed by atoms with Crippen LogP contribution in [0.2, 0.25) is 0 Å². The molecule has 0 heterocycles. The fourth-order valence-corrected chi connectivity index (χ4v) is 10.1. The Morgan fingerprint density at radius 2 is 1.04 bits per heavy atom. The summed E-state index contributed by atoms with van der Waals surface area (Å²) in [5, 5.41) is 13.4. The van der Waals surface area contributed by atoms with Gasteiger partial charge in [0.1, 0.15) is 0 Å². The summed E-state index contributed by atoms with van der Waals surface area (Å²) >= 11 is 0. The Labute approximate surface area is 165 Å². The molecule has 3 rings (SSSR count). The van der Waals surface area contributed by atoms with Gasteiger partial charge in [0.05, 0.1) is 0 Å². The number of aliphatic carboxylic acids is 1. The van der Waals surface area contributed by atoms with E-state index in [4.69, 9.17) is 0 Å². The third kappa shape index (κ3) is 3.11. The maximum atomic E-state index is 12.1. The normalized spacial score (nSPS) is 12.4. The SMILES string of the molecule is Br.CCP(CC(=O)O)(c1ccccc1)(c1ccccc1)c1ccccc1. The first kappa shape index (κ1) is 20.4. The minimum atomic E-state index is -3.12. The molecule has 2 nitrogen and oxygen atoms in total. The summed E-state index contributed by atoms with van der Waals surface area (Å²) in [4.78, 5) is 12.1. The van der Waals surface area contributed by atoms with Crippen LogP contribution >= 0.6 is 23.6 Å². The van der Waals surface area contributed by atoms with E-state index in [0.717, 1.165) is 22.1 Å². The first-order chi connectivity index (χ1) is 12.1. The van der Waals surface area contributed by atoms with Crippen LogP contribution in [0.25, 0.3) is 0 Å². The van der Waals surface area contributed by atoms with E-state index >= 15 is 0 Å². The van der Waals surface area contributed by atoms with Crippen molar-refractivity contribution in [3.05, 3.63) is 91.0 Å². The number of carboxylic acids is 1. The Morgan fingerprint density at radius 3 is 1.27 bits per heavy atom. The van der Waals surface area contributed by atoms with Crippen molar-refractivity contribution >= 4 is 45.5 Å². The molecule has 26 heavy (non-hydrogen) atoms. The van der Waals surface area contributed by atoms with Gasteiger partial charge in [-0.25, -0.2) is 0 Å². The molecule has 0 aliphatic carbocycles. The molecule has 3 aromatic carbocycles. The van der Waals surface area contributed by atoms with Crippen molar-refractivity contribution in [2.24, 2.45) is 0 Å². The van der Waals surface area contributed by atoms with Crippen LogP contribution in [0, 0.1) is 0 Å². The van der Waals surface area contributed by atoms with Crippen molar-refractivity contribution in [3.8, 4) is 0 Å². The second kappa shape index (κ2) is 8.16. The van der Waals surface area contributed by atoms with Crippen LogP contribution in [-0.2, 0) is 4.79 Å². The Balaban J connectivity index is 0.00000243. The van der Waals surface area contributed by atoms with Crippen LogP contribution in [0.1, 0.15) is 6.92 Å². The Morgan fingerprint density at radius 1 is 0.731 bits per heavy atom. The van der Waals surface area contributed by atoms with Gasteiger partial charge in [0.25, 0.3) is 0 Å². The van der Waals surface area contributed by atoms with Gasteiger partial charge in [-0.05, 0) is 0 Å². The summed E-state index contributed by atoms with van der Waals surface area (Å²) in [5.74, 6) is -0.754. The van der Waals surface area contributed by atoms with Gasteiger partial charge in [0.2, 0.25) is 0 Å². The molecule has 0 saturated carbocycles. The Kier molecular flexibility index (Phi) is 6.39. The first-order valence-corrected chi connectivity index (χ1v) is 11.1. The average Bonchev–Trinajstić information content (AvgIpc) is 2.68.